The second-order valence-corrected chi connectivity index (χ2v) is 6.03. The summed E-state index contributed by atoms with van der Waals surface area (Å²) in [6.07, 6.45) is 0.632. The van der Waals surface area contributed by atoms with Crippen LogP contribution in [0.2, 0.25) is 0 Å². The third-order valence-electron chi connectivity index (χ3n) is 4.03. The Balaban J connectivity index is 1.73. The second kappa shape index (κ2) is 6.74. The Morgan fingerprint density at radius 1 is 1.50 bits per heavy atom. The molecule has 1 aliphatic heterocycles. The van der Waals surface area contributed by atoms with Gasteiger partial charge in [-0.1, -0.05) is 5.16 Å². The molecule has 0 unspecified atom stereocenters. The van der Waals surface area contributed by atoms with Crippen molar-refractivity contribution in [2.45, 2.75) is 45.6 Å². The Labute approximate surface area is 140 Å². The highest BCUT2D eigenvalue weighted by Crippen LogP contribution is 2.31. The molecule has 1 amide bonds. The van der Waals surface area contributed by atoms with Crippen molar-refractivity contribution in [1.29, 1.82) is 0 Å². The van der Waals surface area contributed by atoms with Gasteiger partial charge in [-0.15, -0.1) is 0 Å². The van der Waals surface area contributed by atoms with E-state index in [4.69, 9.17) is 14.0 Å². The van der Waals surface area contributed by atoms with Crippen molar-refractivity contribution < 1.29 is 18.8 Å². The molecule has 24 heavy (non-hydrogen) atoms. The molecular formula is C16H22N4O4. The van der Waals surface area contributed by atoms with Crippen molar-refractivity contribution in [3.63, 3.8) is 0 Å². The SMILES string of the molecule is COCc1cc(CNC(=O)c2c3c(nn2C)[C@H](C)O[C@H](C)C3)on1. The number of nitrogens with zero attached hydrogens (tertiary/aromatic N) is 3. The third kappa shape index (κ3) is 3.20. The van der Waals surface area contributed by atoms with Gasteiger partial charge in [-0.05, 0) is 13.8 Å². The number of aryl methyl sites for hydroxylation is 1. The van der Waals surface area contributed by atoms with Crippen LogP contribution in [0.3, 0.4) is 0 Å². The van der Waals surface area contributed by atoms with Gasteiger partial charge < -0.3 is 19.3 Å². The molecule has 3 heterocycles. The van der Waals surface area contributed by atoms with Crippen molar-refractivity contribution in [3.05, 3.63) is 34.5 Å². The van der Waals surface area contributed by atoms with Gasteiger partial charge in [0.25, 0.3) is 5.91 Å². The smallest absolute Gasteiger partial charge is 0.270 e. The first-order valence-corrected chi connectivity index (χ1v) is 7.92. The van der Waals surface area contributed by atoms with Crippen molar-refractivity contribution in [2.75, 3.05) is 7.11 Å². The zero-order chi connectivity index (χ0) is 17.3. The molecule has 0 radical (unpaired) electrons. The summed E-state index contributed by atoms with van der Waals surface area (Å²) in [7, 11) is 3.36. The number of methoxy groups -OCH3 is 1. The van der Waals surface area contributed by atoms with Crippen LogP contribution in [-0.2, 0) is 36.1 Å². The molecule has 1 aliphatic rings. The van der Waals surface area contributed by atoms with Crippen LogP contribution in [0.25, 0.3) is 0 Å². The highest BCUT2D eigenvalue weighted by atomic mass is 16.5. The molecule has 8 heteroatoms. The average Bonchev–Trinajstić information content (AvgIpc) is 3.09. The molecule has 0 saturated carbocycles. The molecule has 0 spiro atoms. The molecule has 130 valence electrons. The molecule has 2 aromatic rings. The number of rotatable bonds is 5. The number of amides is 1. The molecule has 0 aromatic carbocycles. The number of hydrogen-bond donors (Lipinski definition) is 1. The molecule has 3 rings (SSSR count). The standard InChI is InChI=1S/C16H22N4O4/c1-9-5-13-14(10(2)23-9)18-20(3)15(13)16(21)17-7-12-6-11(8-22-4)19-24-12/h6,9-10H,5,7-8H2,1-4H3,(H,17,21)/t9-,10+/m1/s1. The van der Waals surface area contributed by atoms with Gasteiger partial charge in [0.15, 0.2) is 5.76 Å². The number of hydrogen-bond acceptors (Lipinski definition) is 6. The molecule has 2 aromatic heterocycles. The lowest BCUT2D eigenvalue weighted by molar-refractivity contribution is -0.00710. The second-order valence-electron chi connectivity index (χ2n) is 6.03. The van der Waals surface area contributed by atoms with Gasteiger partial charge in [0.05, 0.1) is 31.1 Å². The van der Waals surface area contributed by atoms with E-state index in [2.05, 4.69) is 15.6 Å². The quantitative estimate of drug-likeness (QED) is 0.891. The minimum atomic E-state index is -0.183. The van der Waals surface area contributed by atoms with Crippen LogP contribution < -0.4 is 5.32 Å². The van der Waals surface area contributed by atoms with Crippen molar-refractivity contribution >= 4 is 5.91 Å². The Morgan fingerprint density at radius 3 is 3.04 bits per heavy atom. The lowest BCUT2D eigenvalue weighted by Gasteiger charge is -2.24. The van der Waals surface area contributed by atoms with Gasteiger partial charge in [0.1, 0.15) is 11.4 Å². The summed E-state index contributed by atoms with van der Waals surface area (Å²) in [4.78, 5) is 12.6. The number of carbonyl (C=O) groups is 1. The fraction of sp³-hybridized carbons (Fsp3) is 0.562. The average molecular weight is 334 g/mol. The van der Waals surface area contributed by atoms with E-state index >= 15 is 0 Å². The molecule has 0 fully saturated rings. The maximum atomic E-state index is 12.6. The van der Waals surface area contributed by atoms with Crippen molar-refractivity contribution in [2.24, 2.45) is 7.05 Å². The molecule has 0 bridgehead atoms. The molecule has 8 nitrogen and oxygen atoms in total. The van der Waals surface area contributed by atoms with Gasteiger partial charge in [0.2, 0.25) is 0 Å². The fourth-order valence-electron chi connectivity index (χ4n) is 3.06. The van der Waals surface area contributed by atoms with E-state index in [0.29, 0.717) is 30.2 Å². The summed E-state index contributed by atoms with van der Waals surface area (Å²) < 4.78 is 17.6. The number of aromatic nitrogens is 3. The summed E-state index contributed by atoms with van der Waals surface area (Å²) in [6.45, 7) is 4.59. The van der Waals surface area contributed by atoms with E-state index in [1.54, 1.807) is 24.9 Å². The van der Waals surface area contributed by atoms with Gasteiger partial charge in [-0.3, -0.25) is 9.48 Å². The van der Waals surface area contributed by atoms with E-state index in [1.165, 1.54) is 0 Å². The minimum Gasteiger partial charge on any atom is -0.378 e. The fourth-order valence-corrected chi connectivity index (χ4v) is 3.06. The number of carbonyl (C=O) groups excluding carboxylic acids is 1. The lowest BCUT2D eigenvalue weighted by atomic mass is 9.99. The van der Waals surface area contributed by atoms with E-state index in [-0.39, 0.29) is 24.7 Å². The van der Waals surface area contributed by atoms with Crippen LogP contribution in [0.1, 0.15) is 53.2 Å². The Hall–Kier alpha value is -2.19. The van der Waals surface area contributed by atoms with E-state index in [1.807, 2.05) is 13.8 Å². The van der Waals surface area contributed by atoms with Crippen LogP contribution in [0.5, 0.6) is 0 Å². The van der Waals surface area contributed by atoms with E-state index in [0.717, 1.165) is 11.3 Å². The zero-order valence-electron chi connectivity index (χ0n) is 14.3. The molecular weight excluding hydrogens is 312 g/mol. The van der Waals surface area contributed by atoms with Crippen LogP contribution in [-0.4, -0.2) is 34.1 Å². The van der Waals surface area contributed by atoms with Gasteiger partial charge in [0, 0.05) is 32.2 Å². The lowest BCUT2D eigenvalue weighted by Crippen LogP contribution is -2.28. The number of fused-ring (bicyclic) bond motifs is 1. The molecule has 0 aliphatic carbocycles. The van der Waals surface area contributed by atoms with Gasteiger partial charge in [-0.25, -0.2) is 0 Å². The van der Waals surface area contributed by atoms with E-state index in [9.17, 15) is 4.79 Å². The number of nitrogens with one attached hydrogen (secondary N) is 1. The maximum Gasteiger partial charge on any atom is 0.270 e. The summed E-state index contributed by atoms with van der Waals surface area (Å²) in [6, 6.07) is 1.76. The Kier molecular flexibility index (Phi) is 4.68. The van der Waals surface area contributed by atoms with Crippen LogP contribution in [0.4, 0.5) is 0 Å². The summed E-state index contributed by atoms with van der Waals surface area (Å²) in [5.41, 5.74) is 3.06. The third-order valence-corrected chi connectivity index (χ3v) is 4.03. The summed E-state index contributed by atoms with van der Waals surface area (Å²) >= 11 is 0. The zero-order valence-corrected chi connectivity index (χ0v) is 14.3. The van der Waals surface area contributed by atoms with Crippen molar-refractivity contribution in [1.82, 2.24) is 20.3 Å². The molecule has 2 atom stereocenters. The largest absolute Gasteiger partial charge is 0.378 e. The monoisotopic (exact) mass is 334 g/mol. The van der Waals surface area contributed by atoms with Crippen LogP contribution in [0, 0.1) is 0 Å². The van der Waals surface area contributed by atoms with Crippen LogP contribution >= 0.6 is 0 Å². The highest BCUT2D eigenvalue weighted by molar-refractivity contribution is 5.94. The first-order chi connectivity index (χ1) is 11.5. The topological polar surface area (TPSA) is 91.4 Å². The molecule has 0 saturated heterocycles. The first kappa shape index (κ1) is 16.7. The first-order valence-electron chi connectivity index (χ1n) is 7.92. The predicted molar refractivity (Wildman–Crippen MR) is 84.3 cm³/mol. The molecule has 1 N–H and O–H groups in total. The van der Waals surface area contributed by atoms with Crippen molar-refractivity contribution in [3.8, 4) is 0 Å². The number of ether oxygens (including phenoxy) is 2. The predicted octanol–water partition coefficient (Wildman–Crippen LogP) is 1.51. The van der Waals surface area contributed by atoms with Crippen LogP contribution in [0.15, 0.2) is 10.6 Å². The summed E-state index contributed by atoms with van der Waals surface area (Å²) in [5, 5.41) is 11.2. The van der Waals surface area contributed by atoms with Gasteiger partial charge in [-0.2, -0.15) is 5.10 Å². The summed E-state index contributed by atoms with van der Waals surface area (Å²) in [5.74, 6) is 0.397. The minimum absolute atomic E-state index is 0.0640. The van der Waals surface area contributed by atoms with Gasteiger partial charge >= 0.3 is 0 Å². The Bertz CT molecular complexity index is 737. The maximum absolute atomic E-state index is 12.6. The van der Waals surface area contributed by atoms with E-state index < -0.39 is 0 Å². The highest BCUT2D eigenvalue weighted by Gasteiger charge is 2.31. The Morgan fingerprint density at radius 2 is 2.29 bits per heavy atom. The normalized spacial score (nSPS) is 20.0.